The van der Waals surface area contributed by atoms with Crippen molar-refractivity contribution in [3.8, 4) is 11.3 Å². The zero-order valence-corrected chi connectivity index (χ0v) is 11.9. The average Bonchev–Trinajstić information content (AvgIpc) is 3.16. The van der Waals surface area contributed by atoms with Crippen LogP contribution < -0.4 is 5.32 Å². The van der Waals surface area contributed by atoms with Crippen molar-refractivity contribution in [2.75, 3.05) is 6.54 Å². The standard InChI is InChI=1S/C16H16N2OS/c1-2-5-13(6-3-1)15-12-20-16(18-15)11-17-9-8-14-7-4-10-19-14/h1-7,10,12,17H,8-9,11H2. The number of nitrogens with zero attached hydrogens (tertiary/aromatic N) is 1. The van der Waals surface area contributed by atoms with E-state index in [-0.39, 0.29) is 0 Å². The van der Waals surface area contributed by atoms with Crippen molar-refractivity contribution < 1.29 is 4.42 Å². The highest BCUT2D eigenvalue weighted by molar-refractivity contribution is 7.09. The molecule has 0 bridgehead atoms. The monoisotopic (exact) mass is 284 g/mol. The second kappa shape index (κ2) is 6.50. The minimum Gasteiger partial charge on any atom is -0.469 e. The molecule has 0 radical (unpaired) electrons. The number of rotatable bonds is 6. The molecule has 3 nitrogen and oxygen atoms in total. The first-order chi connectivity index (χ1) is 9.92. The Bertz CT molecular complexity index is 632. The largest absolute Gasteiger partial charge is 0.469 e. The first-order valence-electron chi connectivity index (χ1n) is 6.65. The van der Waals surface area contributed by atoms with E-state index in [1.165, 1.54) is 5.56 Å². The van der Waals surface area contributed by atoms with Gasteiger partial charge in [-0.25, -0.2) is 4.98 Å². The number of thiazole rings is 1. The summed E-state index contributed by atoms with van der Waals surface area (Å²) in [4.78, 5) is 4.65. The molecule has 0 unspecified atom stereocenters. The van der Waals surface area contributed by atoms with Gasteiger partial charge in [-0.1, -0.05) is 30.3 Å². The van der Waals surface area contributed by atoms with Crippen LogP contribution in [0.25, 0.3) is 11.3 Å². The van der Waals surface area contributed by atoms with Gasteiger partial charge in [0.2, 0.25) is 0 Å². The van der Waals surface area contributed by atoms with E-state index in [4.69, 9.17) is 4.42 Å². The lowest BCUT2D eigenvalue weighted by atomic mass is 10.2. The number of hydrogen-bond donors (Lipinski definition) is 1. The van der Waals surface area contributed by atoms with E-state index in [0.29, 0.717) is 0 Å². The lowest BCUT2D eigenvalue weighted by molar-refractivity contribution is 0.498. The third kappa shape index (κ3) is 3.35. The molecule has 0 spiro atoms. The summed E-state index contributed by atoms with van der Waals surface area (Å²) in [5.74, 6) is 1.02. The molecule has 0 fully saturated rings. The first kappa shape index (κ1) is 13.1. The van der Waals surface area contributed by atoms with Crippen LogP contribution in [-0.4, -0.2) is 11.5 Å². The molecule has 3 rings (SSSR count). The fourth-order valence-corrected chi connectivity index (χ4v) is 2.77. The Labute approximate surface area is 122 Å². The van der Waals surface area contributed by atoms with E-state index in [1.54, 1.807) is 17.6 Å². The van der Waals surface area contributed by atoms with Crippen LogP contribution in [0.15, 0.2) is 58.5 Å². The Morgan fingerprint density at radius 3 is 2.80 bits per heavy atom. The molecular weight excluding hydrogens is 268 g/mol. The Hall–Kier alpha value is -1.91. The quantitative estimate of drug-likeness (QED) is 0.701. The van der Waals surface area contributed by atoms with Gasteiger partial charge in [0.15, 0.2) is 0 Å². The molecule has 0 saturated carbocycles. The third-order valence-corrected chi connectivity index (χ3v) is 3.87. The molecule has 0 aliphatic carbocycles. The Morgan fingerprint density at radius 2 is 2.00 bits per heavy atom. The molecule has 0 atom stereocenters. The van der Waals surface area contributed by atoms with Gasteiger partial charge in [-0.2, -0.15) is 0 Å². The molecule has 2 aromatic heterocycles. The highest BCUT2D eigenvalue weighted by atomic mass is 32.1. The smallest absolute Gasteiger partial charge is 0.107 e. The van der Waals surface area contributed by atoms with Gasteiger partial charge in [0.25, 0.3) is 0 Å². The zero-order valence-electron chi connectivity index (χ0n) is 11.1. The van der Waals surface area contributed by atoms with E-state index < -0.39 is 0 Å². The summed E-state index contributed by atoms with van der Waals surface area (Å²) in [6.45, 7) is 1.70. The first-order valence-corrected chi connectivity index (χ1v) is 7.53. The van der Waals surface area contributed by atoms with Crippen molar-refractivity contribution in [1.82, 2.24) is 10.3 Å². The van der Waals surface area contributed by atoms with E-state index in [2.05, 4.69) is 27.8 Å². The van der Waals surface area contributed by atoms with Gasteiger partial charge >= 0.3 is 0 Å². The van der Waals surface area contributed by atoms with Gasteiger partial charge < -0.3 is 9.73 Å². The van der Waals surface area contributed by atoms with Crippen molar-refractivity contribution >= 4 is 11.3 Å². The summed E-state index contributed by atoms with van der Waals surface area (Å²) in [5.41, 5.74) is 2.23. The molecule has 4 heteroatoms. The van der Waals surface area contributed by atoms with Crippen LogP contribution in [0, 0.1) is 0 Å². The predicted molar refractivity (Wildman–Crippen MR) is 81.7 cm³/mol. The molecule has 1 aromatic carbocycles. The zero-order chi connectivity index (χ0) is 13.6. The van der Waals surface area contributed by atoms with Gasteiger partial charge in [0, 0.05) is 30.5 Å². The van der Waals surface area contributed by atoms with Crippen molar-refractivity contribution in [1.29, 1.82) is 0 Å². The second-order valence-electron chi connectivity index (χ2n) is 4.50. The highest BCUT2D eigenvalue weighted by Crippen LogP contribution is 2.21. The molecular formula is C16H16N2OS. The summed E-state index contributed by atoms with van der Waals surface area (Å²) in [6, 6.07) is 14.2. The third-order valence-electron chi connectivity index (χ3n) is 3.03. The average molecular weight is 284 g/mol. The highest BCUT2D eigenvalue weighted by Gasteiger charge is 2.03. The lowest BCUT2D eigenvalue weighted by Crippen LogP contribution is -2.16. The maximum atomic E-state index is 5.29. The number of hydrogen-bond acceptors (Lipinski definition) is 4. The van der Waals surface area contributed by atoms with Crippen molar-refractivity contribution in [2.24, 2.45) is 0 Å². The summed E-state index contributed by atoms with van der Waals surface area (Å²) >= 11 is 1.70. The summed E-state index contributed by atoms with van der Waals surface area (Å²) in [6.07, 6.45) is 2.62. The van der Waals surface area contributed by atoms with Gasteiger partial charge in [-0.3, -0.25) is 0 Å². The Balaban J connectivity index is 1.50. The molecule has 3 aromatic rings. The van der Waals surface area contributed by atoms with Crippen molar-refractivity contribution in [3.63, 3.8) is 0 Å². The maximum absolute atomic E-state index is 5.29. The van der Waals surface area contributed by atoms with Gasteiger partial charge in [0.1, 0.15) is 10.8 Å². The molecule has 0 aliphatic heterocycles. The molecule has 0 amide bonds. The van der Waals surface area contributed by atoms with Crippen LogP contribution in [0.5, 0.6) is 0 Å². The normalized spacial score (nSPS) is 10.8. The number of furan rings is 1. The molecule has 0 saturated heterocycles. The van der Waals surface area contributed by atoms with Crippen LogP contribution in [-0.2, 0) is 13.0 Å². The summed E-state index contributed by atoms with van der Waals surface area (Å²) in [7, 11) is 0. The molecule has 2 heterocycles. The fraction of sp³-hybridized carbons (Fsp3) is 0.188. The van der Waals surface area contributed by atoms with Crippen LogP contribution in [0.3, 0.4) is 0 Å². The van der Waals surface area contributed by atoms with Crippen LogP contribution in [0.4, 0.5) is 0 Å². The van der Waals surface area contributed by atoms with Gasteiger partial charge in [0.05, 0.1) is 12.0 Å². The topological polar surface area (TPSA) is 38.1 Å². The van der Waals surface area contributed by atoms with Crippen LogP contribution in [0.2, 0.25) is 0 Å². The van der Waals surface area contributed by atoms with Crippen molar-refractivity contribution in [2.45, 2.75) is 13.0 Å². The number of nitrogens with one attached hydrogen (secondary N) is 1. The van der Waals surface area contributed by atoms with Gasteiger partial charge in [-0.05, 0) is 12.1 Å². The summed E-state index contributed by atoms with van der Waals surface area (Å²) < 4.78 is 5.29. The molecule has 0 aliphatic rings. The minimum absolute atomic E-state index is 0.804. The Morgan fingerprint density at radius 1 is 1.10 bits per heavy atom. The van der Waals surface area contributed by atoms with Gasteiger partial charge in [-0.15, -0.1) is 11.3 Å². The van der Waals surface area contributed by atoms with E-state index in [0.717, 1.165) is 36.0 Å². The second-order valence-corrected chi connectivity index (χ2v) is 5.44. The van der Waals surface area contributed by atoms with E-state index in [1.807, 2.05) is 30.3 Å². The SMILES string of the molecule is c1ccc(-c2csc(CNCCc3ccco3)n2)cc1. The van der Waals surface area contributed by atoms with E-state index >= 15 is 0 Å². The minimum atomic E-state index is 0.804. The molecule has 102 valence electrons. The maximum Gasteiger partial charge on any atom is 0.107 e. The number of aromatic nitrogens is 1. The van der Waals surface area contributed by atoms with Crippen LogP contribution in [0.1, 0.15) is 10.8 Å². The summed E-state index contributed by atoms with van der Waals surface area (Å²) in [5, 5.41) is 6.62. The van der Waals surface area contributed by atoms with E-state index in [9.17, 15) is 0 Å². The van der Waals surface area contributed by atoms with Crippen molar-refractivity contribution in [3.05, 3.63) is 64.9 Å². The molecule has 1 N–H and O–H groups in total. The fourth-order valence-electron chi connectivity index (χ4n) is 2.00. The predicted octanol–water partition coefficient (Wildman–Crippen LogP) is 3.74. The number of benzene rings is 1. The Kier molecular flexibility index (Phi) is 4.25. The van der Waals surface area contributed by atoms with Crippen LogP contribution >= 0.6 is 11.3 Å². The lowest BCUT2D eigenvalue weighted by Gasteiger charge is -2.00. The molecule has 20 heavy (non-hydrogen) atoms.